The van der Waals surface area contributed by atoms with Gasteiger partial charge in [0, 0.05) is 0 Å². The third kappa shape index (κ3) is 11.7. The molecule has 0 rings (SSSR count). The first-order valence-electron chi connectivity index (χ1n) is 6.31. The van der Waals surface area contributed by atoms with Gasteiger partial charge in [-0.15, -0.1) is 0 Å². The summed E-state index contributed by atoms with van der Waals surface area (Å²) >= 11 is 0. The second-order valence-electron chi connectivity index (χ2n) is 5.23. The molecule has 0 saturated carbocycles. The summed E-state index contributed by atoms with van der Waals surface area (Å²) in [5.74, 6) is 1.13. The summed E-state index contributed by atoms with van der Waals surface area (Å²) in [4.78, 5) is 0. The molecule has 0 spiro atoms. The van der Waals surface area contributed by atoms with Gasteiger partial charge in [-0.25, -0.2) is 0 Å². The first-order chi connectivity index (χ1) is 6.95. The first-order valence-corrected chi connectivity index (χ1v) is 9.72. The van der Waals surface area contributed by atoms with E-state index in [9.17, 15) is 0 Å². The Balaban J connectivity index is 3.50. The van der Waals surface area contributed by atoms with Crippen LogP contribution in [0.25, 0.3) is 0 Å². The van der Waals surface area contributed by atoms with Crippen molar-refractivity contribution in [3.05, 3.63) is 11.8 Å². The second-order valence-corrected chi connectivity index (χ2v) is 9.66. The topological polar surface area (TPSA) is 9.23 Å². The van der Waals surface area contributed by atoms with Crippen LogP contribution >= 0.6 is 0 Å². The maximum Gasteiger partial charge on any atom is 0.241 e. The van der Waals surface area contributed by atoms with Crippen LogP contribution in [0.1, 0.15) is 52.4 Å². The lowest BCUT2D eigenvalue weighted by atomic mass is 10.1. The number of allylic oxidation sites excluding steroid dienone is 2. The highest BCUT2D eigenvalue weighted by atomic mass is 28.4. The van der Waals surface area contributed by atoms with E-state index >= 15 is 0 Å². The van der Waals surface area contributed by atoms with E-state index in [0.29, 0.717) is 0 Å². The molecular weight excluding hydrogens is 200 g/mol. The highest BCUT2D eigenvalue weighted by Crippen LogP contribution is 2.12. The minimum atomic E-state index is -1.37. The molecule has 0 bridgehead atoms. The summed E-state index contributed by atoms with van der Waals surface area (Å²) in [7, 11) is -1.37. The van der Waals surface area contributed by atoms with E-state index in [1.165, 1.54) is 38.5 Å². The molecule has 0 saturated heterocycles. The molecule has 0 aromatic rings. The van der Waals surface area contributed by atoms with Gasteiger partial charge in [0.25, 0.3) is 0 Å². The van der Waals surface area contributed by atoms with E-state index in [-0.39, 0.29) is 0 Å². The molecule has 0 heterocycles. The average Bonchev–Trinajstić information content (AvgIpc) is 2.08. The monoisotopic (exact) mass is 228 g/mol. The van der Waals surface area contributed by atoms with Crippen LogP contribution in [0.2, 0.25) is 19.6 Å². The molecule has 0 N–H and O–H groups in total. The van der Waals surface area contributed by atoms with Crippen molar-refractivity contribution in [1.29, 1.82) is 0 Å². The van der Waals surface area contributed by atoms with Gasteiger partial charge in [0.05, 0.1) is 5.76 Å². The van der Waals surface area contributed by atoms with Crippen molar-refractivity contribution in [1.82, 2.24) is 0 Å². The predicted octanol–water partition coefficient (Wildman–Crippen LogP) is 5.10. The van der Waals surface area contributed by atoms with Gasteiger partial charge in [-0.2, -0.15) is 0 Å². The number of hydrogen-bond donors (Lipinski definition) is 0. The van der Waals surface area contributed by atoms with Gasteiger partial charge in [0.15, 0.2) is 0 Å². The standard InChI is InChI=1S/C13H28OSi/c1-6-7-8-9-10-11-12-13(2)14-15(3,4)5/h12H,6-11H2,1-5H3/b13-12+. The molecule has 0 fully saturated rings. The van der Waals surface area contributed by atoms with Gasteiger partial charge >= 0.3 is 0 Å². The highest BCUT2D eigenvalue weighted by Gasteiger charge is 2.15. The minimum Gasteiger partial charge on any atom is -0.548 e. The summed E-state index contributed by atoms with van der Waals surface area (Å²) in [5.41, 5.74) is 0. The molecule has 0 unspecified atom stereocenters. The summed E-state index contributed by atoms with van der Waals surface area (Å²) in [6.07, 6.45) is 10.2. The van der Waals surface area contributed by atoms with Gasteiger partial charge in [-0.05, 0) is 45.5 Å². The van der Waals surface area contributed by atoms with Crippen LogP contribution < -0.4 is 0 Å². The molecule has 90 valence electrons. The third-order valence-electron chi connectivity index (χ3n) is 2.21. The van der Waals surface area contributed by atoms with Crippen LogP contribution in [0.4, 0.5) is 0 Å². The molecule has 0 aliphatic carbocycles. The van der Waals surface area contributed by atoms with Crippen LogP contribution in [-0.2, 0) is 4.43 Å². The lowest BCUT2D eigenvalue weighted by molar-refractivity contribution is 0.420. The normalized spacial score (nSPS) is 13.0. The third-order valence-corrected chi connectivity index (χ3v) is 3.14. The zero-order chi connectivity index (χ0) is 11.7. The van der Waals surface area contributed by atoms with Crippen molar-refractivity contribution in [2.24, 2.45) is 0 Å². The van der Waals surface area contributed by atoms with Crippen molar-refractivity contribution < 1.29 is 4.43 Å². The Bertz CT molecular complexity index is 179. The van der Waals surface area contributed by atoms with Crippen molar-refractivity contribution in [3.8, 4) is 0 Å². The van der Waals surface area contributed by atoms with Crippen molar-refractivity contribution in [2.45, 2.75) is 72.0 Å². The summed E-state index contributed by atoms with van der Waals surface area (Å²) in [6, 6.07) is 0. The molecule has 0 amide bonds. The van der Waals surface area contributed by atoms with E-state index in [0.717, 1.165) is 5.76 Å². The Morgan fingerprint density at radius 3 is 2.20 bits per heavy atom. The van der Waals surface area contributed by atoms with Gasteiger partial charge in [0.1, 0.15) is 0 Å². The molecule has 0 aliphatic heterocycles. The molecule has 0 aliphatic rings. The van der Waals surface area contributed by atoms with E-state index in [1.807, 2.05) is 0 Å². The van der Waals surface area contributed by atoms with Crippen LogP contribution in [0.5, 0.6) is 0 Å². The number of unbranched alkanes of at least 4 members (excludes halogenated alkanes) is 5. The molecule has 2 heteroatoms. The summed E-state index contributed by atoms with van der Waals surface area (Å²) < 4.78 is 5.87. The molecule has 0 aromatic heterocycles. The fraction of sp³-hybridized carbons (Fsp3) is 0.846. The van der Waals surface area contributed by atoms with Crippen molar-refractivity contribution in [3.63, 3.8) is 0 Å². The van der Waals surface area contributed by atoms with Gasteiger partial charge in [-0.1, -0.05) is 32.6 Å². The Morgan fingerprint density at radius 1 is 1.07 bits per heavy atom. The predicted molar refractivity (Wildman–Crippen MR) is 71.6 cm³/mol. The Morgan fingerprint density at radius 2 is 1.67 bits per heavy atom. The quantitative estimate of drug-likeness (QED) is 0.319. The molecule has 0 atom stereocenters. The van der Waals surface area contributed by atoms with E-state index in [2.05, 4.69) is 39.6 Å². The summed E-state index contributed by atoms with van der Waals surface area (Å²) in [5, 5.41) is 0. The van der Waals surface area contributed by atoms with Gasteiger partial charge < -0.3 is 4.43 Å². The maximum atomic E-state index is 5.87. The van der Waals surface area contributed by atoms with Crippen molar-refractivity contribution in [2.75, 3.05) is 0 Å². The second kappa shape index (κ2) is 7.97. The number of hydrogen-bond acceptors (Lipinski definition) is 1. The highest BCUT2D eigenvalue weighted by molar-refractivity contribution is 6.70. The average molecular weight is 228 g/mol. The maximum absolute atomic E-state index is 5.87. The number of rotatable bonds is 8. The van der Waals surface area contributed by atoms with Crippen LogP contribution in [-0.4, -0.2) is 8.32 Å². The summed E-state index contributed by atoms with van der Waals surface area (Å²) in [6.45, 7) is 11.0. The Kier molecular flexibility index (Phi) is 7.84. The van der Waals surface area contributed by atoms with Crippen LogP contribution in [0, 0.1) is 0 Å². The van der Waals surface area contributed by atoms with Gasteiger partial charge in [-0.3, -0.25) is 0 Å². The molecular formula is C13H28OSi. The van der Waals surface area contributed by atoms with Crippen molar-refractivity contribution >= 4 is 8.32 Å². The van der Waals surface area contributed by atoms with Crippen LogP contribution in [0.15, 0.2) is 11.8 Å². The molecule has 1 nitrogen and oxygen atoms in total. The SMILES string of the molecule is CCCCCCC/C=C(\C)O[Si](C)(C)C. The van der Waals surface area contributed by atoms with Crippen LogP contribution in [0.3, 0.4) is 0 Å². The fourth-order valence-electron chi connectivity index (χ4n) is 1.58. The molecule has 0 aromatic carbocycles. The van der Waals surface area contributed by atoms with Gasteiger partial charge in [0.2, 0.25) is 8.32 Å². The minimum absolute atomic E-state index is 1.13. The van der Waals surface area contributed by atoms with E-state index in [1.54, 1.807) is 0 Å². The molecule has 15 heavy (non-hydrogen) atoms. The lowest BCUT2D eigenvalue weighted by Gasteiger charge is -2.19. The molecule has 0 radical (unpaired) electrons. The lowest BCUT2D eigenvalue weighted by Crippen LogP contribution is -2.24. The Hall–Kier alpha value is -0.243. The largest absolute Gasteiger partial charge is 0.548 e. The zero-order valence-corrected chi connectivity index (χ0v) is 12.2. The zero-order valence-electron chi connectivity index (χ0n) is 11.2. The first kappa shape index (κ1) is 14.8. The van der Waals surface area contributed by atoms with E-state index in [4.69, 9.17) is 4.43 Å². The smallest absolute Gasteiger partial charge is 0.241 e. The Labute approximate surface area is 97.0 Å². The van der Waals surface area contributed by atoms with E-state index < -0.39 is 8.32 Å². The fourth-order valence-corrected chi connectivity index (χ4v) is 2.63.